The summed E-state index contributed by atoms with van der Waals surface area (Å²) in [5, 5.41) is 0.419. The molecular weight excluding hydrogens is 290 g/mol. The number of hydrogen-bond donors (Lipinski definition) is 1. The second-order valence-electron chi connectivity index (χ2n) is 4.38. The van der Waals surface area contributed by atoms with Gasteiger partial charge in [0.05, 0.1) is 35.7 Å². The highest BCUT2D eigenvalue weighted by Crippen LogP contribution is 2.24. The molecule has 0 saturated carbocycles. The highest BCUT2D eigenvalue weighted by atomic mass is 32.2. The number of methoxy groups -OCH3 is 1. The Balaban J connectivity index is 1.97. The molecule has 0 aliphatic heterocycles. The Morgan fingerprint density at radius 1 is 1.29 bits per heavy atom. The molecular formula is C13H13N5O2S. The lowest BCUT2D eigenvalue weighted by Gasteiger charge is -2.09. The van der Waals surface area contributed by atoms with Gasteiger partial charge in [0.1, 0.15) is 17.6 Å². The zero-order valence-electron chi connectivity index (χ0n) is 11.5. The van der Waals surface area contributed by atoms with Crippen LogP contribution in [0.3, 0.4) is 0 Å². The largest absolute Gasteiger partial charge is 0.495 e. The van der Waals surface area contributed by atoms with E-state index in [-0.39, 0.29) is 5.75 Å². The predicted octanol–water partition coefficient (Wildman–Crippen LogP) is 1.37. The number of rotatable bonds is 4. The lowest BCUT2D eigenvalue weighted by molar-refractivity contribution is 0.405. The molecule has 1 unspecified atom stereocenters. The Morgan fingerprint density at radius 3 is 2.95 bits per heavy atom. The fourth-order valence-corrected chi connectivity index (χ4v) is 3.22. The number of ether oxygens (including phenoxy) is 1. The van der Waals surface area contributed by atoms with Gasteiger partial charge in [0.15, 0.2) is 10.7 Å². The quantitative estimate of drug-likeness (QED) is 0.732. The van der Waals surface area contributed by atoms with Crippen LogP contribution in [-0.4, -0.2) is 36.2 Å². The average molecular weight is 303 g/mol. The van der Waals surface area contributed by atoms with Gasteiger partial charge < -0.3 is 9.72 Å². The molecule has 8 heteroatoms. The van der Waals surface area contributed by atoms with Crippen LogP contribution in [0, 0.1) is 6.92 Å². The van der Waals surface area contributed by atoms with Crippen LogP contribution in [0.1, 0.15) is 11.3 Å². The van der Waals surface area contributed by atoms with E-state index in [0.717, 1.165) is 5.56 Å². The third kappa shape index (κ3) is 2.49. The fourth-order valence-electron chi connectivity index (χ4n) is 2.09. The number of aromatic nitrogens is 5. The maximum atomic E-state index is 12.6. The summed E-state index contributed by atoms with van der Waals surface area (Å²) < 4.78 is 17.9. The van der Waals surface area contributed by atoms with Crippen molar-refractivity contribution in [1.82, 2.24) is 24.9 Å². The second kappa shape index (κ2) is 5.57. The van der Waals surface area contributed by atoms with E-state index in [0.29, 0.717) is 27.6 Å². The summed E-state index contributed by atoms with van der Waals surface area (Å²) in [5.74, 6) is 0.872. The number of hydrogen-bond acceptors (Lipinski definition) is 6. The highest BCUT2D eigenvalue weighted by molar-refractivity contribution is 7.84. The van der Waals surface area contributed by atoms with Crippen LogP contribution in [0.4, 0.5) is 0 Å². The number of nitrogens with one attached hydrogen (secondary N) is 1. The number of nitrogens with zero attached hydrogens (tertiary/aromatic N) is 4. The van der Waals surface area contributed by atoms with Crippen molar-refractivity contribution >= 4 is 22.0 Å². The lowest BCUT2D eigenvalue weighted by atomic mass is 10.2. The standard InChI is InChI=1S/C13H13N5O2S/c1-8-3-4-14-9(11(8)20-2)5-21(19)13-10-12(16-6-15-10)17-7-18-13/h3-4,6-7H,5H2,1-2H3,(H,15,16,17,18). The van der Waals surface area contributed by atoms with Gasteiger partial charge in [-0.15, -0.1) is 0 Å². The van der Waals surface area contributed by atoms with Crippen molar-refractivity contribution in [3.05, 3.63) is 36.2 Å². The number of imidazole rings is 1. The summed E-state index contributed by atoms with van der Waals surface area (Å²) in [6, 6.07) is 1.85. The molecule has 3 rings (SSSR count). The highest BCUT2D eigenvalue weighted by Gasteiger charge is 2.17. The van der Waals surface area contributed by atoms with Crippen LogP contribution in [0.5, 0.6) is 5.75 Å². The minimum absolute atomic E-state index is 0.218. The van der Waals surface area contributed by atoms with Gasteiger partial charge in [0.2, 0.25) is 0 Å². The van der Waals surface area contributed by atoms with E-state index >= 15 is 0 Å². The van der Waals surface area contributed by atoms with Crippen LogP contribution in [-0.2, 0) is 16.6 Å². The third-order valence-electron chi connectivity index (χ3n) is 3.05. The summed E-state index contributed by atoms with van der Waals surface area (Å²) in [4.78, 5) is 19.3. The van der Waals surface area contributed by atoms with Crippen molar-refractivity contribution in [3.63, 3.8) is 0 Å². The Bertz CT molecular complexity index is 817. The number of fused-ring (bicyclic) bond motifs is 1. The van der Waals surface area contributed by atoms with Gasteiger partial charge in [-0.05, 0) is 18.6 Å². The lowest BCUT2D eigenvalue weighted by Crippen LogP contribution is -2.05. The smallest absolute Gasteiger partial charge is 0.181 e. The Morgan fingerprint density at radius 2 is 2.14 bits per heavy atom. The van der Waals surface area contributed by atoms with E-state index in [9.17, 15) is 4.21 Å². The van der Waals surface area contributed by atoms with Crippen LogP contribution in [0.2, 0.25) is 0 Å². The van der Waals surface area contributed by atoms with E-state index in [1.165, 1.54) is 12.7 Å². The molecule has 108 valence electrons. The molecule has 21 heavy (non-hydrogen) atoms. The monoisotopic (exact) mass is 303 g/mol. The summed E-state index contributed by atoms with van der Waals surface area (Å²) in [7, 11) is 0.205. The maximum absolute atomic E-state index is 12.6. The molecule has 3 aromatic heterocycles. The average Bonchev–Trinajstić information content (AvgIpc) is 2.95. The van der Waals surface area contributed by atoms with E-state index in [4.69, 9.17) is 4.74 Å². The SMILES string of the molecule is COc1c(C)ccnc1CS(=O)c1ncnc2nc[nH]c12. The van der Waals surface area contributed by atoms with Crippen molar-refractivity contribution in [2.24, 2.45) is 0 Å². The van der Waals surface area contributed by atoms with Gasteiger partial charge in [-0.25, -0.2) is 15.0 Å². The molecule has 0 radical (unpaired) electrons. The van der Waals surface area contributed by atoms with Crippen molar-refractivity contribution in [2.75, 3.05) is 7.11 Å². The molecule has 0 fully saturated rings. The van der Waals surface area contributed by atoms with E-state index in [1.807, 2.05) is 13.0 Å². The van der Waals surface area contributed by atoms with Gasteiger partial charge in [-0.1, -0.05) is 0 Å². The number of aromatic amines is 1. The second-order valence-corrected chi connectivity index (χ2v) is 5.74. The molecule has 0 bridgehead atoms. The summed E-state index contributed by atoms with van der Waals surface area (Å²) >= 11 is 0. The molecule has 0 aliphatic rings. The molecule has 3 aromatic rings. The van der Waals surface area contributed by atoms with E-state index in [2.05, 4.69) is 24.9 Å². The Hall–Kier alpha value is -2.35. The summed E-state index contributed by atoms with van der Waals surface area (Å²) in [6.45, 7) is 1.92. The molecule has 0 aliphatic carbocycles. The third-order valence-corrected chi connectivity index (χ3v) is 4.33. The summed E-state index contributed by atoms with van der Waals surface area (Å²) in [5.41, 5.74) is 2.68. The molecule has 0 aromatic carbocycles. The zero-order valence-corrected chi connectivity index (χ0v) is 12.3. The maximum Gasteiger partial charge on any atom is 0.181 e. The fraction of sp³-hybridized carbons (Fsp3) is 0.231. The Labute approximate surface area is 123 Å². The van der Waals surface area contributed by atoms with Crippen molar-refractivity contribution in [3.8, 4) is 5.75 Å². The minimum Gasteiger partial charge on any atom is -0.495 e. The van der Waals surface area contributed by atoms with Crippen molar-refractivity contribution in [1.29, 1.82) is 0 Å². The number of pyridine rings is 1. The first-order valence-electron chi connectivity index (χ1n) is 6.21. The molecule has 0 spiro atoms. The van der Waals surface area contributed by atoms with Crippen LogP contribution >= 0.6 is 0 Å². The molecule has 7 nitrogen and oxygen atoms in total. The topological polar surface area (TPSA) is 93.7 Å². The summed E-state index contributed by atoms with van der Waals surface area (Å²) in [6.07, 6.45) is 4.54. The van der Waals surface area contributed by atoms with Crippen LogP contribution in [0.15, 0.2) is 29.9 Å². The molecule has 3 heterocycles. The van der Waals surface area contributed by atoms with Gasteiger partial charge in [-0.2, -0.15) is 0 Å². The zero-order chi connectivity index (χ0) is 14.8. The van der Waals surface area contributed by atoms with Gasteiger partial charge in [-0.3, -0.25) is 9.19 Å². The van der Waals surface area contributed by atoms with Crippen molar-refractivity contribution < 1.29 is 8.95 Å². The normalized spacial score (nSPS) is 12.5. The van der Waals surface area contributed by atoms with Crippen LogP contribution in [0.25, 0.3) is 11.2 Å². The van der Waals surface area contributed by atoms with Gasteiger partial charge in [0, 0.05) is 6.20 Å². The molecule has 0 saturated heterocycles. The molecule has 1 atom stereocenters. The first kappa shape index (κ1) is 13.6. The van der Waals surface area contributed by atoms with Crippen LogP contribution < -0.4 is 4.74 Å². The van der Waals surface area contributed by atoms with E-state index in [1.54, 1.807) is 13.3 Å². The minimum atomic E-state index is -1.37. The number of H-pyrrole nitrogens is 1. The molecule has 1 N–H and O–H groups in total. The van der Waals surface area contributed by atoms with Gasteiger partial charge >= 0.3 is 0 Å². The number of aryl methyl sites for hydroxylation is 1. The molecule has 0 amide bonds. The predicted molar refractivity (Wildman–Crippen MR) is 77.3 cm³/mol. The van der Waals surface area contributed by atoms with Crippen molar-refractivity contribution in [2.45, 2.75) is 17.7 Å². The van der Waals surface area contributed by atoms with Gasteiger partial charge in [0.25, 0.3) is 0 Å². The van der Waals surface area contributed by atoms with E-state index < -0.39 is 10.8 Å². The first-order valence-corrected chi connectivity index (χ1v) is 7.53. The Kier molecular flexibility index (Phi) is 3.61. The first-order chi connectivity index (χ1) is 10.2.